The molecule has 0 bridgehead atoms. The second-order valence-corrected chi connectivity index (χ2v) is 7.50. The van der Waals surface area contributed by atoms with Crippen molar-refractivity contribution in [3.8, 4) is 10.6 Å². The molecule has 0 spiro atoms. The van der Waals surface area contributed by atoms with Crippen LogP contribution in [-0.4, -0.2) is 39.1 Å². The molecule has 0 aromatic carbocycles. The molecule has 1 saturated heterocycles. The molecule has 134 valence electrons. The molecule has 1 aliphatic heterocycles. The summed E-state index contributed by atoms with van der Waals surface area (Å²) in [6, 6.07) is 5.02. The van der Waals surface area contributed by atoms with Crippen LogP contribution >= 0.6 is 11.3 Å². The van der Waals surface area contributed by atoms with E-state index in [-0.39, 0.29) is 11.9 Å². The van der Waals surface area contributed by atoms with Gasteiger partial charge in [-0.2, -0.15) is 0 Å². The van der Waals surface area contributed by atoms with Crippen LogP contribution in [0.4, 0.5) is 16.2 Å². The van der Waals surface area contributed by atoms with Gasteiger partial charge in [-0.25, -0.2) is 24.3 Å². The molecule has 6 nitrogen and oxygen atoms in total. The maximum Gasteiger partial charge on any atom is 0.225 e. The molecule has 1 aliphatic rings. The summed E-state index contributed by atoms with van der Waals surface area (Å²) in [6.07, 6.45) is 4.25. The summed E-state index contributed by atoms with van der Waals surface area (Å²) in [4.78, 5) is 20.9. The van der Waals surface area contributed by atoms with Gasteiger partial charge in [0.2, 0.25) is 5.95 Å². The largest absolute Gasteiger partial charge is 0.363 e. The van der Waals surface area contributed by atoms with Gasteiger partial charge in [0.25, 0.3) is 0 Å². The lowest BCUT2D eigenvalue weighted by atomic mass is 10.2. The molecule has 1 N–H and O–H groups in total. The fourth-order valence-electron chi connectivity index (χ4n) is 3.14. The second kappa shape index (κ2) is 6.95. The van der Waals surface area contributed by atoms with Crippen molar-refractivity contribution in [1.29, 1.82) is 0 Å². The van der Waals surface area contributed by atoms with E-state index in [1.54, 1.807) is 29.8 Å². The Balaban J connectivity index is 1.50. The SMILES string of the molecule is Cc1nc(C)c(-c2ccnc(N3CCC(Nc4ncccc4F)C3)n2)s1. The van der Waals surface area contributed by atoms with Crippen molar-refractivity contribution in [2.24, 2.45) is 0 Å². The first-order valence-electron chi connectivity index (χ1n) is 8.49. The van der Waals surface area contributed by atoms with Gasteiger partial charge >= 0.3 is 0 Å². The molecule has 1 unspecified atom stereocenters. The maximum absolute atomic E-state index is 13.8. The number of pyridine rings is 1. The number of aromatic nitrogens is 4. The summed E-state index contributed by atoms with van der Waals surface area (Å²) in [7, 11) is 0. The number of hydrogen-bond donors (Lipinski definition) is 1. The van der Waals surface area contributed by atoms with Crippen LogP contribution in [0.25, 0.3) is 10.6 Å². The van der Waals surface area contributed by atoms with Crippen molar-refractivity contribution in [1.82, 2.24) is 19.9 Å². The second-order valence-electron chi connectivity index (χ2n) is 6.30. The maximum atomic E-state index is 13.8. The Labute approximate surface area is 155 Å². The van der Waals surface area contributed by atoms with Crippen LogP contribution in [0.3, 0.4) is 0 Å². The minimum Gasteiger partial charge on any atom is -0.363 e. The van der Waals surface area contributed by atoms with E-state index in [9.17, 15) is 4.39 Å². The molecule has 0 saturated carbocycles. The van der Waals surface area contributed by atoms with Crippen molar-refractivity contribution < 1.29 is 4.39 Å². The molecule has 1 atom stereocenters. The van der Waals surface area contributed by atoms with Crippen molar-refractivity contribution in [3.63, 3.8) is 0 Å². The fraction of sp³-hybridized carbons (Fsp3) is 0.333. The third-order valence-corrected chi connectivity index (χ3v) is 5.44. The zero-order valence-electron chi connectivity index (χ0n) is 14.6. The van der Waals surface area contributed by atoms with Gasteiger partial charge < -0.3 is 10.2 Å². The minimum absolute atomic E-state index is 0.110. The Morgan fingerprint density at radius 2 is 2.08 bits per heavy atom. The summed E-state index contributed by atoms with van der Waals surface area (Å²) in [5.41, 5.74) is 1.88. The molecule has 26 heavy (non-hydrogen) atoms. The van der Waals surface area contributed by atoms with Crippen LogP contribution in [0.5, 0.6) is 0 Å². The summed E-state index contributed by atoms with van der Waals surface area (Å²) >= 11 is 1.64. The number of halogens is 1. The van der Waals surface area contributed by atoms with Crippen LogP contribution in [0.2, 0.25) is 0 Å². The Morgan fingerprint density at radius 3 is 2.85 bits per heavy atom. The van der Waals surface area contributed by atoms with Crippen LogP contribution in [0.1, 0.15) is 17.1 Å². The highest BCUT2D eigenvalue weighted by molar-refractivity contribution is 7.15. The molecule has 4 heterocycles. The summed E-state index contributed by atoms with van der Waals surface area (Å²) in [5.74, 6) is 0.656. The Bertz CT molecular complexity index is 928. The number of rotatable bonds is 4. The molecule has 8 heteroatoms. The van der Waals surface area contributed by atoms with Crippen molar-refractivity contribution in [2.45, 2.75) is 26.3 Å². The number of aryl methyl sites for hydroxylation is 2. The molecule has 3 aromatic heterocycles. The van der Waals surface area contributed by atoms with E-state index in [1.165, 1.54) is 6.07 Å². The van der Waals surface area contributed by atoms with Gasteiger partial charge in [-0.05, 0) is 38.5 Å². The first-order chi connectivity index (χ1) is 12.6. The van der Waals surface area contributed by atoms with Gasteiger partial charge in [0.1, 0.15) is 0 Å². The molecule has 0 aliphatic carbocycles. The van der Waals surface area contributed by atoms with E-state index < -0.39 is 0 Å². The Kier molecular flexibility index (Phi) is 4.50. The van der Waals surface area contributed by atoms with Crippen molar-refractivity contribution in [2.75, 3.05) is 23.3 Å². The zero-order valence-corrected chi connectivity index (χ0v) is 15.4. The quantitative estimate of drug-likeness (QED) is 0.759. The number of thiazole rings is 1. The first-order valence-corrected chi connectivity index (χ1v) is 9.31. The number of anilines is 2. The monoisotopic (exact) mass is 370 g/mol. The fourth-order valence-corrected chi connectivity index (χ4v) is 4.03. The van der Waals surface area contributed by atoms with Crippen molar-refractivity contribution >= 4 is 23.1 Å². The van der Waals surface area contributed by atoms with E-state index in [1.807, 2.05) is 19.9 Å². The standard InChI is InChI=1S/C18H19FN6S/c1-11-16(26-12(2)22-11)15-5-8-21-18(24-15)25-9-6-13(10-25)23-17-14(19)4-3-7-20-17/h3-5,7-8,13H,6,9-10H2,1-2H3,(H,20,23). The lowest BCUT2D eigenvalue weighted by molar-refractivity contribution is 0.619. The van der Waals surface area contributed by atoms with Gasteiger partial charge in [0.05, 0.1) is 21.3 Å². The van der Waals surface area contributed by atoms with E-state index in [0.29, 0.717) is 18.3 Å². The van der Waals surface area contributed by atoms with Crippen LogP contribution in [-0.2, 0) is 0 Å². The van der Waals surface area contributed by atoms with Gasteiger partial charge in [0.15, 0.2) is 11.6 Å². The Morgan fingerprint density at radius 1 is 1.19 bits per heavy atom. The van der Waals surface area contributed by atoms with Crippen molar-refractivity contribution in [3.05, 3.63) is 47.1 Å². The lowest BCUT2D eigenvalue weighted by Gasteiger charge is -2.17. The normalized spacial score (nSPS) is 16.9. The van der Waals surface area contributed by atoms with Gasteiger partial charge in [-0.3, -0.25) is 0 Å². The molecule has 3 aromatic rings. The van der Waals surface area contributed by atoms with Gasteiger partial charge in [-0.1, -0.05) is 0 Å². The summed E-state index contributed by atoms with van der Waals surface area (Å²) in [5, 5.41) is 4.20. The minimum atomic E-state index is -0.333. The highest BCUT2D eigenvalue weighted by atomic mass is 32.1. The summed E-state index contributed by atoms with van der Waals surface area (Å²) in [6.45, 7) is 5.52. The predicted octanol–water partition coefficient (Wildman–Crippen LogP) is 3.44. The molecule has 4 rings (SSSR count). The Hall–Kier alpha value is -2.61. The number of nitrogens with zero attached hydrogens (tertiary/aromatic N) is 5. The van der Waals surface area contributed by atoms with Gasteiger partial charge in [0, 0.05) is 31.5 Å². The van der Waals surface area contributed by atoms with E-state index in [0.717, 1.165) is 34.2 Å². The van der Waals surface area contributed by atoms with E-state index >= 15 is 0 Å². The van der Waals surface area contributed by atoms with E-state index in [2.05, 4.69) is 25.2 Å². The first kappa shape index (κ1) is 16.8. The zero-order chi connectivity index (χ0) is 18.1. The average molecular weight is 370 g/mol. The third-order valence-electron chi connectivity index (χ3n) is 4.35. The predicted molar refractivity (Wildman–Crippen MR) is 101 cm³/mol. The van der Waals surface area contributed by atoms with Gasteiger partial charge in [-0.15, -0.1) is 11.3 Å². The highest BCUT2D eigenvalue weighted by Crippen LogP contribution is 2.29. The third kappa shape index (κ3) is 3.37. The average Bonchev–Trinajstić information content (AvgIpc) is 3.23. The highest BCUT2D eigenvalue weighted by Gasteiger charge is 2.25. The van der Waals surface area contributed by atoms with E-state index in [4.69, 9.17) is 4.98 Å². The summed E-state index contributed by atoms with van der Waals surface area (Å²) < 4.78 is 13.8. The lowest BCUT2D eigenvalue weighted by Crippen LogP contribution is -2.27. The van der Waals surface area contributed by atoms with Crippen LogP contribution in [0, 0.1) is 19.7 Å². The number of nitrogens with one attached hydrogen (secondary N) is 1. The molecular formula is C18H19FN6S. The smallest absolute Gasteiger partial charge is 0.225 e. The molecule has 0 amide bonds. The van der Waals surface area contributed by atoms with Crippen LogP contribution in [0.15, 0.2) is 30.6 Å². The van der Waals surface area contributed by atoms with Crippen LogP contribution < -0.4 is 10.2 Å². The molecule has 1 fully saturated rings. The number of hydrogen-bond acceptors (Lipinski definition) is 7. The molecular weight excluding hydrogens is 351 g/mol. The molecule has 0 radical (unpaired) electrons. The topological polar surface area (TPSA) is 66.8 Å².